The fraction of sp³-hybridized carbons (Fsp3) is 0.529. The maximum Gasteiger partial charge on any atom is 0.251 e. The number of carbonyl (C=O) groups excluding carboxylic acids is 1. The van der Waals surface area contributed by atoms with Crippen LogP contribution in [0.1, 0.15) is 97.7 Å². The van der Waals surface area contributed by atoms with E-state index in [9.17, 15) is 9.18 Å². The summed E-state index contributed by atoms with van der Waals surface area (Å²) in [7, 11) is 0. The molecule has 4 aromatic rings. The molecule has 1 atom stereocenters. The highest BCUT2D eigenvalue weighted by Crippen LogP contribution is 2.42. The molecule has 9 heteroatoms. The molecule has 1 aliphatic carbocycles. The summed E-state index contributed by atoms with van der Waals surface area (Å²) in [4.78, 5) is 20.9. The van der Waals surface area contributed by atoms with E-state index < -0.39 is 6.17 Å². The van der Waals surface area contributed by atoms with Gasteiger partial charge in [-0.3, -0.25) is 9.20 Å². The van der Waals surface area contributed by atoms with E-state index in [2.05, 4.69) is 21.6 Å². The molecule has 0 spiro atoms. The van der Waals surface area contributed by atoms with E-state index in [4.69, 9.17) is 4.98 Å². The molecule has 6 nitrogen and oxygen atoms in total. The second-order valence-corrected chi connectivity index (χ2v) is 13.6. The quantitative estimate of drug-likeness (QED) is 0.206. The third-order valence-electron chi connectivity index (χ3n) is 9.72. The number of halogens is 2. The molecule has 228 valence electrons. The van der Waals surface area contributed by atoms with Crippen LogP contribution in [0.4, 0.5) is 8.78 Å². The lowest BCUT2D eigenvalue weighted by Gasteiger charge is -2.28. The predicted molar refractivity (Wildman–Crippen MR) is 169 cm³/mol. The van der Waals surface area contributed by atoms with Gasteiger partial charge in [0.05, 0.1) is 15.9 Å². The second kappa shape index (κ2) is 12.6. The number of hydrogen-bond donors (Lipinski definition) is 2. The van der Waals surface area contributed by atoms with Crippen molar-refractivity contribution in [2.45, 2.75) is 82.3 Å². The molecule has 3 aliphatic rings. The number of nitrogens with zero attached hydrogens (tertiary/aromatic N) is 3. The van der Waals surface area contributed by atoms with Gasteiger partial charge in [-0.15, -0.1) is 0 Å². The molecule has 2 N–H and O–H groups in total. The molecule has 2 aliphatic heterocycles. The van der Waals surface area contributed by atoms with Crippen molar-refractivity contribution in [2.75, 3.05) is 32.7 Å². The highest BCUT2D eigenvalue weighted by atomic mass is 32.1. The van der Waals surface area contributed by atoms with Gasteiger partial charge in [-0.25, -0.2) is 13.8 Å². The van der Waals surface area contributed by atoms with Gasteiger partial charge in [-0.1, -0.05) is 36.7 Å². The fourth-order valence-electron chi connectivity index (χ4n) is 7.32. The van der Waals surface area contributed by atoms with Crippen molar-refractivity contribution >= 4 is 32.4 Å². The minimum absolute atomic E-state index is 0.0906. The summed E-state index contributed by atoms with van der Waals surface area (Å²) < 4.78 is 32.4. The van der Waals surface area contributed by atoms with Crippen molar-refractivity contribution in [3.63, 3.8) is 0 Å². The number of rotatable bonds is 8. The van der Waals surface area contributed by atoms with E-state index >= 15 is 4.39 Å². The van der Waals surface area contributed by atoms with Crippen LogP contribution in [0.15, 0.2) is 36.5 Å². The highest BCUT2D eigenvalue weighted by molar-refractivity contribution is 7.23. The Morgan fingerprint density at radius 3 is 2.67 bits per heavy atom. The lowest BCUT2D eigenvalue weighted by atomic mass is 9.80. The number of piperidine rings is 1. The van der Waals surface area contributed by atoms with Gasteiger partial charge in [-0.2, -0.15) is 0 Å². The van der Waals surface area contributed by atoms with Crippen molar-refractivity contribution in [1.29, 1.82) is 0 Å². The van der Waals surface area contributed by atoms with E-state index in [1.807, 2.05) is 28.8 Å². The number of amides is 1. The molecule has 7 rings (SSSR count). The fourth-order valence-corrected chi connectivity index (χ4v) is 8.37. The monoisotopic (exact) mass is 605 g/mol. The zero-order chi connectivity index (χ0) is 29.3. The first-order chi connectivity index (χ1) is 21.0. The summed E-state index contributed by atoms with van der Waals surface area (Å²) in [5.41, 5.74) is 5.12. The third-order valence-corrected chi connectivity index (χ3v) is 10.7. The molecule has 43 heavy (non-hydrogen) atoms. The number of fused-ring (bicyclic) bond motifs is 3. The molecule has 2 aromatic heterocycles. The van der Waals surface area contributed by atoms with Gasteiger partial charge in [0, 0.05) is 43.0 Å². The van der Waals surface area contributed by atoms with E-state index in [1.54, 1.807) is 6.07 Å². The molecule has 0 unspecified atom stereocenters. The van der Waals surface area contributed by atoms with Crippen molar-refractivity contribution in [1.82, 2.24) is 24.9 Å². The standard InChI is InChI=1S/C34H41F2N5OS/c35-25-11-16-40(17-12-25)15-5-14-38-33(42)23-9-10-30-31(20-23)43-34-39-29(21-41(30)34)32-26(22-6-2-1-3-7-22)18-24(19-27(32)36)28-8-4-13-37-28/h9-10,18-22,25,28,37H,1-8,11-17H2,(H,38,42)/t28-/m0/s1. The topological polar surface area (TPSA) is 61.7 Å². The summed E-state index contributed by atoms with van der Waals surface area (Å²) in [6.07, 6.45) is 11.4. The molecule has 4 heterocycles. The minimum Gasteiger partial charge on any atom is -0.352 e. The normalized spacial score (nSPS) is 20.8. The van der Waals surface area contributed by atoms with E-state index in [0.29, 0.717) is 42.1 Å². The van der Waals surface area contributed by atoms with Crippen LogP contribution >= 0.6 is 11.3 Å². The summed E-state index contributed by atoms with van der Waals surface area (Å²) >= 11 is 1.53. The maximum absolute atomic E-state index is 16.0. The molecule has 3 fully saturated rings. The Labute approximate surface area is 255 Å². The molecular formula is C34H41F2N5OS. The van der Waals surface area contributed by atoms with Gasteiger partial charge in [0.1, 0.15) is 12.0 Å². The van der Waals surface area contributed by atoms with E-state index in [0.717, 1.165) is 84.6 Å². The SMILES string of the molecule is O=C(NCCCN1CCC(F)CC1)c1ccc2c(c1)sc1nc(-c3c(F)cc([C@@H]4CCCN4)cc3C3CCCCC3)cn12. The predicted octanol–water partition coefficient (Wildman–Crippen LogP) is 7.38. The van der Waals surface area contributed by atoms with E-state index in [-0.39, 0.29) is 17.8 Å². The summed E-state index contributed by atoms with van der Waals surface area (Å²) in [6, 6.07) is 9.97. The molecule has 0 bridgehead atoms. The lowest BCUT2D eigenvalue weighted by Crippen LogP contribution is -2.36. The number of hydrogen-bond acceptors (Lipinski definition) is 5. The summed E-state index contributed by atoms with van der Waals surface area (Å²) in [6.45, 7) is 4.05. The van der Waals surface area contributed by atoms with Crippen LogP contribution < -0.4 is 10.6 Å². The van der Waals surface area contributed by atoms with Crippen molar-refractivity contribution < 1.29 is 13.6 Å². The number of alkyl halides is 1. The number of imidazole rings is 1. The van der Waals surface area contributed by atoms with Crippen LogP contribution in [0, 0.1) is 5.82 Å². The number of thiazole rings is 1. The summed E-state index contributed by atoms with van der Waals surface area (Å²) in [5, 5.41) is 6.58. The van der Waals surface area contributed by atoms with Crippen LogP contribution in [0.2, 0.25) is 0 Å². The van der Waals surface area contributed by atoms with Gasteiger partial charge < -0.3 is 15.5 Å². The Morgan fingerprint density at radius 2 is 1.88 bits per heavy atom. The van der Waals surface area contributed by atoms with Crippen LogP contribution in [-0.4, -0.2) is 59.1 Å². The maximum atomic E-state index is 16.0. The number of aromatic nitrogens is 2. The van der Waals surface area contributed by atoms with Crippen LogP contribution in [0.3, 0.4) is 0 Å². The molecule has 0 radical (unpaired) electrons. The Morgan fingerprint density at radius 1 is 1.05 bits per heavy atom. The first kappa shape index (κ1) is 28.9. The number of nitrogens with one attached hydrogen (secondary N) is 2. The van der Waals surface area contributed by atoms with Crippen LogP contribution in [0.5, 0.6) is 0 Å². The number of likely N-dealkylation sites (tertiary alicyclic amines) is 1. The van der Waals surface area contributed by atoms with Gasteiger partial charge in [-0.05, 0) is 99.3 Å². The number of benzene rings is 2. The Hall–Kier alpha value is -2.88. The van der Waals surface area contributed by atoms with Gasteiger partial charge in [0.2, 0.25) is 0 Å². The first-order valence-electron chi connectivity index (χ1n) is 16.2. The zero-order valence-corrected chi connectivity index (χ0v) is 25.5. The minimum atomic E-state index is -0.664. The molecule has 2 aromatic carbocycles. The molecular weight excluding hydrogens is 564 g/mol. The average molecular weight is 606 g/mol. The van der Waals surface area contributed by atoms with E-state index in [1.165, 1.54) is 30.6 Å². The zero-order valence-electron chi connectivity index (χ0n) is 24.7. The molecule has 2 saturated heterocycles. The second-order valence-electron chi connectivity index (χ2n) is 12.6. The largest absolute Gasteiger partial charge is 0.352 e. The van der Waals surface area contributed by atoms with Gasteiger partial charge in [0.15, 0.2) is 4.96 Å². The Balaban J connectivity index is 1.10. The average Bonchev–Trinajstić information content (AvgIpc) is 3.77. The van der Waals surface area contributed by atoms with Crippen LogP contribution in [-0.2, 0) is 0 Å². The van der Waals surface area contributed by atoms with Crippen molar-refractivity contribution in [2.24, 2.45) is 0 Å². The lowest BCUT2D eigenvalue weighted by molar-refractivity contribution is 0.0950. The molecule has 1 amide bonds. The number of carbonyl (C=O) groups is 1. The van der Waals surface area contributed by atoms with Gasteiger partial charge >= 0.3 is 0 Å². The first-order valence-corrected chi connectivity index (χ1v) is 17.0. The smallest absolute Gasteiger partial charge is 0.251 e. The Bertz CT molecular complexity index is 1600. The Kier molecular flexibility index (Phi) is 8.47. The summed E-state index contributed by atoms with van der Waals surface area (Å²) in [5.74, 6) is 0.0966. The van der Waals surface area contributed by atoms with Crippen molar-refractivity contribution in [3.8, 4) is 11.3 Å². The highest BCUT2D eigenvalue weighted by Gasteiger charge is 2.27. The van der Waals surface area contributed by atoms with Crippen LogP contribution in [0.25, 0.3) is 26.4 Å². The third kappa shape index (κ3) is 6.08. The van der Waals surface area contributed by atoms with Gasteiger partial charge in [0.25, 0.3) is 5.91 Å². The van der Waals surface area contributed by atoms with Crippen molar-refractivity contribution in [3.05, 3.63) is 59.0 Å². The molecule has 1 saturated carbocycles.